The number of phenolic OH excluding ortho intramolecular Hbond substituents is 1. The van der Waals surface area contributed by atoms with Crippen LogP contribution in [0.3, 0.4) is 0 Å². The zero-order valence-electron chi connectivity index (χ0n) is 10.3. The molecule has 0 aliphatic carbocycles. The highest BCUT2D eigenvalue weighted by atomic mass is 32.1. The molecule has 0 saturated carbocycles. The summed E-state index contributed by atoms with van der Waals surface area (Å²) in [6, 6.07) is 10.9. The number of rotatable bonds is 2. The van der Waals surface area contributed by atoms with Gasteiger partial charge in [0.15, 0.2) is 0 Å². The van der Waals surface area contributed by atoms with Gasteiger partial charge in [-0.2, -0.15) is 0 Å². The minimum Gasteiger partial charge on any atom is -0.508 e. The Bertz CT molecular complexity index is 752. The zero-order chi connectivity index (χ0) is 13.4. The fraction of sp³-hybridized carbons (Fsp3) is 0.0714. The number of phenols is 1. The third-order valence-corrected chi connectivity index (χ3v) is 3.97. The Labute approximate surface area is 114 Å². The lowest BCUT2D eigenvalue weighted by Crippen LogP contribution is -1.94. The number of nitrogens with two attached hydrogens (primary N) is 1. The van der Waals surface area contributed by atoms with Crippen molar-refractivity contribution in [3.63, 3.8) is 0 Å². The third kappa shape index (κ3) is 2.08. The predicted octanol–water partition coefficient (Wildman–Crippen LogP) is 3.29. The average molecular weight is 271 g/mol. The Kier molecular flexibility index (Phi) is 2.76. The highest BCUT2D eigenvalue weighted by Gasteiger charge is 2.10. The SMILES string of the molecule is CNc1cc(N)ccc1-c1nc2ccc(O)cc2s1. The Morgan fingerprint density at radius 3 is 2.84 bits per heavy atom. The predicted molar refractivity (Wildman–Crippen MR) is 80.7 cm³/mol. The highest BCUT2D eigenvalue weighted by molar-refractivity contribution is 7.21. The van der Waals surface area contributed by atoms with Crippen LogP contribution < -0.4 is 11.1 Å². The quantitative estimate of drug-likeness (QED) is 0.625. The Hall–Kier alpha value is -2.27. The number of anilines is 2. The van der Waals surface area contributed by atoms with Crippen LogP contribution in [0.1, 0.15) is 0 Å². The van der Waals surface area contributed by atoms with E-state index in [0.29, 0.717) is 5.69 Å². The maximum absolute atomic E-state index is 9.50. The second kappa shape index (κ2) is 4.44. The molecule has 0 radical (unpaired) electrons. The van der Waals surface area contributed by atoms with Crippen LogP contribution in [0.2, 0.25) is 0 Å². The molecule has 19 heavy (non-hydrogen) atoms. The first kappa shape index (κ1) is 11.8. The van der Waals surface area contributed by atoms with Crippen molar-refractivity contribution >= 4 is 32.9 Å². The van der Waals surface area contributed by atoms with Crippen molar-refractivity contribution in [1.29, 1.82) is 0 Å². The lowest BCUT2D eigenvalue weighted by molar-refractivity contribution is 0.476. The van der Waals surface area contributed by atoms with E-state index in [4.69, 9.17) is 5.73 Å². The van der Waals surface area contributed by atoms with Crippen LogP contribution in [0.4, 0.5) is 11.4 Å². The van der Waals surface area contributed by atoms with Crippen molar-refractivity contribution in [3.8, 4) is 16.3 Å². The van der Waals surface area contributed by atoms with Crippen molar-refractivity contribution in [2.24, 2.45) is 0 Å². The second-order valence-electron chi connectivity index (χ2n) is 4.23. The summed E-state index contributed by atoms with van der Waals surface area (Å²) >= 11 is 1.55. The van der Waals surface area contributed by atoms with Gasteiger partial charge in [-0.25, -0.2) is 4.98 Å². The van der Waals surface area contributed by atoms with Crippen molar-refractivity contribution in [2.45, 2.75) is 0 Å². The van der Waals surface area contributed by atoms with Gasteiger partial charge in [0, 0.05) is 24.0 Å². The van der Waals surface area contributed by atoms with Crippen molar-refractivity contribution in [3.05, 3.63) is 36.4 Å². The van der Waals surface area contributed by atoms with Crippen molar-refractivity contribution < 1.29 is 5.11 Å². The van der Waals surface area contributed by atoms with Gasteiger partial charge in [-0.1, -0.05) is 0 Å². The first-order chi connectivity index (χ1) is 9.17. The molecule has 3 aromatic rings. The molecule has 5 heteroatoms. The topological polar surface area (TPSA) is 71.2 Å². The van der Waals surface area contributed by atoms with E-state index in [2.05, 4.69) is 10.3 Å². The second-order valence-corrected chi connectivity index (χ2v) is 5.26. The Morgan fingerprint density at radius 1 is 1.21 bits per heavy atom. The van der Waals surface area contributed by atoms with Crippen LogP contribution in [-0.2, 0) is 0 Å². The first-order valence-electron chi connectivity index (χ1n) is 5.84. The van der Waals surface area contributed by atoms with Gasteiger partial charge in [0.2, 0.25) is 0 Å². The number of nitrogens with one attached hydrogen (secondary N) is 1. The Morgan fingerprint density at radius 2 is 2.05 bits per heavy atom. The third-order valence-electron chi connectivity index (χ3n) is 2.92. The summed E-state index contributed by atoms with van der Waals surface area (Å²) in [6.45, 7) is 0. The number of benzene rings is 2. The summed E-state index contributed by atoms with van der Waals surface area (Å²) in [5.41, 5.74) is 9.35. The molecule has 0 aliphatic rings. The number of hydrogen-bond acceptors (Lipinski definition) is 5. The molecule has 0 atom stereocenters. The van der Waals surface area contributed by atoms with Gasteiger partial charge in [0.25, 0.3) is 0 Å². The van der Waals surface area contributed by atoms with E-state index < -0.39 is 0 Å². The van der Waals surface area contributed by atoms with Gasteiger partial charge >= 0.3 is 0 Å². The van der Waals surface area contributed by atoms with Crippen molar-refractivity contribution in [1.82, 2.24) is 4.98 Å². The summed E-state index contributed by atoms with van der Waals surface area (Å²) in [5, 5.41) is 13.5. The number of thiazole rings is 1. The zero-order valence-corrected chi connectivity index (χ0v) is 11.2. The standard InChI is InChI=1S/C14H13N3OS/c1-16-12-6-8(15)2-4-10(12)14-17-11-5-3-9(18)7-13(11)19-14/h2-7,16,18H,15H2,1H3. The fourth-order valence-electron chi connectivity index (χ4n) is 1.98. The Balaban J connectivity index is 2.18. The summed E-state index contributed by atoms with van der Waals surface area (Å²) in [6.07, 6.45) is 0. The molecular weight excluding hydrogens is 258 g/mol. The number of nitrogen functional groups attached to an aromatic ring is 1. The van der Waals surface area contributed by atoms with Crippen molar-refractivity contribution in [2.75, 3.05) is 18.1 Å². The minimum atomic E-state index is 0.258. The fourth-order valence-corrected chi connectivity index (χ4v) is 3.02. The van der Waals surface area contributed by atoms with Gasteiger partial charge < -0.3 is 16.2 Å². The van der Waals surface area contributed by atoms with Gasteiger partial charge in [-0.05, 0) is 36.4 Å². The summed E-state index contributed by atoms with van der Waals surface area (Å²) < 4.78 is 0.967. The lowest BCUT2D eigenvalue weighted by atomic mass is 10.1. The van der Waals surface area contributed by atoms with Gasteiger partial charge in [-0.15, -0.1) is 11.3 Å². The van der Waals surface area contributed by atoms with E-state index in [1.54, 1.807) is 23.5 Å². The van der Waals surface area contributed by atoms with Crippen LogP contribution in [0.25, 0.3) is 20.8 Å². The lowest BCUT2D eigenvalue weighted by Gasteiger charge is -2.07. The summed E-state index contributed by atoms with van der Waals surface area (Å²) in [4.78, 5) is 4.59. The molecule has 1 heterocycles. The van der Waals surface area contributed by atoms with E-state index in [9.17, 15) is 5.11 Å². The maximum atomic E-state index is 9.50. The van der Waals surface area contributed by atoms with Crippen LogP contribution in [0.5, 0.6) is 5.75 Å². The smallest absolute Gasteiger partial charge is 0.126 e. The highest BCUT2D eigenvalue weighted by Crippen LogP contribution is 2.36. The van der Waals surface area contributed by atoms with Gasteiger partial charge in [-0.3, -0.25) is 0 Å². The first-order valence-corrected chi connectivity index (χ1v) is 6.66. The molecule has 3 rings (SSSR count). The molecule has 0 bridgehead atoms. The molecule has 2 aromatic carbocycles. The summed E-state index contributed by atoms with van der Waals surface area (Å²) in [5.74, 6) is 0.258. The molecule has 0 saturated heterocycles. The molecule has 0 aliphatic heterocycles. The maximum Gasteiger partial charge on any atom is 0.126 e. The van der Waals surface area contributed by atoms with Gasteiger partial charge in [0.05, 0.1) is 10.2 Å². The largest absolute Gasteiger partial charge is 0.508 e. The molecule has 0 spiro atoms. The van der Waals surface area contributed by atoms with E-state index in [1.807, 2.05) is 31.3 Å². The molecule has 4 nitrogen and oxygen atoms in total. The number of hydrogen-bond donors (Lipinski definition) is 3. The number of aromatic nitrogens is 1. The van der Waals surface area contributed by atoms with E-state index in [1.165, 1.54) is 0 Å². The van der Waals surface area contributed by atoms with Gasteiger partial charge in [0.1, 0.15) is 10.8 Å². The van der Waals surface area contributed by atoms with Crippen LogP contribution >= 0.6 is 11.3 Å². The normalized spacial score (nSPS) is 10.8. The van der Waals surface area contributed by atoms with E-state index in [-0.39, 0.29) is 5.75 Å². The molecule has 0 fully saturated rings. The van der Waals surface area contributed by atoms with Crippen LogP contribution in [0, 0.1) is 0 Å². The monoisotopic (exact) mass is 271 g/mol. The summed E-state index contributed by atoms with van der Waals surface area (Å²) in [7, 11) is 1.86. The van der Waals surface area contributed by atoms with Crippen LogP contribution in [-0.4, -0.2) is 17.1 Å². The van der Waals surface area contributed by atoms with E-state index >= 15 is 0 Å². The van der Waals surface area contributed by atoms with Crippen LogP contribution in [0.15, 0.2) is 36.4 Å². The molecule has 96 valence electrons. The van der Waals surface area contributed by atoms with E-state index in [0.717, 1.165) is 26.5 Å². The average Bonchev–Trinajstić information content (AvgIpc) is 2.81. The molecular formula is C14H13N3OS. The molecule has 1 aromatic heterocycles. The number of nitrogens with zero attached hydrogens (tertiary/aromatic N) is 1. The number of aromatic hydroxyl groups is 1. The minimum absolute atomic E-state index is 0.258. The molecule has 0 amide bonds. The number of fused-ring (bicyclic) bond motifs is 1. The molecule has 4 N–H and O–H groups in total. The molecule has 0 unspecified atom stereocenters.